The number of hydrazine groups is 1. The average molecular weight is 554 g/mol. The molecule has 2 aromatic heterocycles. The van der Waals surface area contributed by atoms with E-state index < -0.39 is 5.56 Å². The fourth-order valence-corrected chi connectivity index (χ4v) is 4.79. The summed E-state index contributed by atoms with van der Waals surface area (Å²) in [6, 6.07) is 25.5. The van der Waals surface area contributed by atoms with Gasteiger partial charge in [-0.2, -0.15) is 5.26 Å². The number of nitriles is 1. The lowest BCUT2D eigenvalue weighted by atomic mass is 10.1. The molecular formula is C28H20ClN7O2S. The highest BCUT2D eigenvalue weighted by atomic mass is 35.5. The largest absolute Gasteiger partial charge is 0.282 e. The summed E-state index contributed by atoms with van der Waals surface area (Å²) in [5.41, 5.74) is 7.30. The van der Waals surface area contributed by atoms with Gasteiger partial charge < -0.3 is 0 Å². The predicted molar refractivity (Wildman–Crippen MR) is 151 cm³/mol. The highest BCUT2D eigenvalue weighted by Crippen LogP contribution is 2.25. The number of nitrogens with zero attached hydrogens (tertiary/aromatic N) is 5. The number of halogens is 1. The summed E-state index contributed by atoms with van der Waals surface area (Å²) in [5.74, 6) is 0.0468. The minimum Gasteiger partial charge on any atom is -0.282 e. The maximum atomic E-state index is 13.5. The first kappa shape index (κ1) is 25.9. The van der Waals surface area contributed by atoms with Crippen LogP contribution in [-0.4, -0.2) is 31.2 Å². The number of carbonyl (C=O) groups excluding carboxylic acids is 1. The molecule has 5 aromatic rings. The minimum atomic E-state index is -0.491. The lowest BCUT2D eigenvalue weighted by Crippen LogP contribution is -2.32. The SMILES string of the molecule is N#Cc1c(-c2ccc(Cl)cc2)nc(SCC(=O)NNc2ncnc3ccccc23)n(Cc2ccccc2)c1=O. The molecule has 0 bridgehead atoms. The molecule has 3 aromatic carbocycles. The molecular weight excluding hydrogens is 534 g/mol. The van der Waals surface area contributed by atoms with Crippen LogP contribution >= 0.6 is 23.4 Å². The number of anilines is 1. The Bertz CT molecular complexity index is 1750. The summed E-state index contributed by atoms with van der Waals surface area (Å²) in [7, 11) is 0. The van der Waals surface area contributed by atoms with Gasteiger partial charge in [-0.15, -0.1) is 0 Å². The Morgan fingerprint density at radius 3 is 2.51 bits per heavy atom. The van der Waals surface area contributed by atoms with Crippen molar-refractivity contribution in [2.75, 3.05) is 11.2 Å². The van der Waals surface area contributed by atoms with Crippen molar-refractivity contribution in [1.82, 2.24) is 24.9 Å². The summed E-state index contributed by atoms with van der Waals surface area (Å²) >= 11 is 7.12. The third kappa shape index (κ3) is 5.90. The number of amides is 1. The predicted octanol–water partition coefficient (Wildman–Crippen LogP) is 4.66. The van der Waals surface area contributed by atoms with Crippen LogP contribution in [0.5, 0.6) is 0 Å². The number of carbonyl (C=O) groups is 1. The topological polar surface area (TPSA) is 126 Å². The zero-order valence-corrected chi connectivity index (χ0v) is 21.9. The van der Waals surface area contributed by atoms with Gasteiger partial charge in [0, 0.05) is 16.0 Å². The first-order valence-corrected chi connectivity index (χ1v) is 13.1. The van der Waals surface area contributed by atoms with Crippen molar-refractivity contribution in [2.45, 2.75) is 11.7 Å². The highest BCUT2D eigenvalue weighted by molar-refractivity contribution is 7.99. The van der Waals surface area contributed by atoms with Gasteiger partial charge in [-0.05, 0) is 29.8 Å². The number of aromatic nitrogens is 4. The average Bonchev–Trinajstić information content (AvgIpc) is 2.97. The van der Waals surface area contributed by atoms with E-state index >= 15 is 0 Å². The molecule has 0 aliphatic rings. The molecule has 1 amide bonds. The molecule has 0 fully saturated rings. The second kappa shape index (κ2) is 11.8. The monoisotopic (exact) mass is 553 g/mol. The highest BCUT2D eigenvalue weighted by Gasteiger charge is 2.19. The number of benzene rings is 3. The molecule has 5 rings (SSSR count). The summed E-state index contributed by atoms with van der Waals surface area (Å²) in [5, 5.41) is 11.4. The molecule has 0 aliphatic heterocycles. The second-order valence-electron chi connectivity index (χ2n) is 8.31. The minimum absolute atomic E-state index is 0.0524. The third-order valence-corrected chi connectivity index (χ3v) is 6.97. The van der Waals surface area contributed by atoms with Crippen LogP contribution in [0.15, 0.2) is 95.1 Å². The van der Waals surface area contributed by atoms with Crippen molar-refractivity contribution >= 4 is 46.0 Å². The van der Waals surface area contributed by atoms with Crippen molar-refractivity contribution in [3.8, 4) is 17.3 Å². The van der Waals surface area contributed by atoms with Crippen LogP contribution in [0.25, 0.3) is 22.2 Å². The molecule has 9 nitrogen and oxygen atoms in total. The van der Waals surface area contributed by atoms with E-state index in [4.69, 9.17) is 11.6 Å². The molecule has 0 atom stereocenters. The first-order chi connectivity index (χ1) is 19.0. The van der Waals surface area contributed by atoms with Gasteiger partial charge >= 0.3 is 0 Å². The zero-order valence-electron chi connectivity index (χ0n) is 20.3. The smallest absolute Gasteiger partial charge is 0.273 e. The van der Waals surface area contributed by atoms with Crippen LogP contribution in [0.3, 0.4) is 0 Å². The van der Waals surface area contributed by atoms with Crippen LogP contribution < -0.4 is 16.4 Å². The third-order valence-electron chi connectivity index (χ3n) is 5.74. The Hall–Kier alpha value is -4.72. The molecule has 192 valence electrons. The van der Waals surface area contributed by atoms with Crippen molar-refractivity contribution in [2.24, 2.45) is 0 Å². The fraction of sp³-hybridized carbons (Fsp3) is 0.0714. The van der Waals surface area contributed by atoms with Crippen LogP contribution in [0.1, 0.15) is 11.1 Å². The van der Waals surface area contributed by atoms with Crippen molar-refractivity contribution in [1.29, 1.82) is 5.26 Å². The second-order valence-corrected chi connectivity index (χ2v) is 9.69. The van der Waals surface area contributed by atoms with Gasteiger partial charge in [0.25, 0.3) is 5.56 Å². The van der Waals surface area contributed by atoms with Gasteiger partial charge in [0.2, 0.25) is 5.91 Å². The number of thioether (sulfide) groups is 1. The van der Waals surface area contributed by atoms with E-state index in [0.717, 1.165) is 28.2 Å². The molecule has 2 N–H and O–H groups in total. The number of para-hydroxylation sites is 1. The van der Waals surface area contributed by atoms with E-state index in [9.17, 15) is 14.9 Å². The maximum absolute atomic E-state index is 13.5. The number of hydrogen-bond donors (Lipinski definition) is 2. The summed E-state index contributed by atoms with van der Waals surface area (Å²) < 4.78 is 1.41. The molecule has 0 saturated heterocycles. The molecule has 0 saturated carbocycles. The van der Waals surface area contributed by atoms with Crippen LogP contribution in [0, 0.1) is 11.3 Å². The summed E-state index contributed by atoms with van der Waals surface area (Å²) in [6.45, 7) is 0.192. The number of hydrogen-bond acceptors (Lipinski definition) is 8. The Morgan fingerprint density at radius 2 is 1.74 bits per heavy atom. The van der Waals surface area contributed by atoms with E-state index in [-0.39, 0.29) is 29.5 Å². The van der Waals surface area contributed by atoms with Crippen LogP contribution in [0.4, 0.5) is 5.82 Å². The Kier molecular flexibility index (Phi) is 7.82. The van der Waals surface area contributed by atoms with E-state index in [2.05, 4.69) is 25.8 Å². The van der Waals surface area contributed by atoms with Crippen molar-refractivity contribution < 1.29 is 4.79 Å². The zero-order chi connectivity index (χ0) is 27.2. The van der Waals surface area contributed by atoms with Gasteiger partial charge in [0.05, 0.1) is 23.5 Å². The molecule has 11 heteroatoms. The van der Waals surface area contributed by atoms with Crippen molar-refractivity contribution in [3.63, 3.8) is 0 Å². The van der Waals surface area contributed by atoms with E-state index in [1.165, 1.54) is 10.9 Å². The van der Waals surface area contributed by atoms with Gasteiger partial charge in [-0.3, -0.25) is 25.0 Å². The lowest BCUT2D eigenvalue weighted by Gasteiger charge is -2.15. The van der Waals surface area contributed by atoms with E-state index in [1.807, 2.05) is 60.7 Å². The summed E-state index contributed by atoms with van der Waals surface area (Å²) in [4.78, 5) is 39.4. The number of rotatable bonds is 8. The maximum Gasteiger partial charge on any atom is 0.273 e. The summed E-state index contributed by atoms with van der Waals surface area (Å²) in [6.07, 6.45) is 1.41. The molecule has 2 heterocycles. The number of fused-ring (bicyclic) bond motifs is 1. The van der Waals surface area contributed by atoms with E-state index in [0.29, 0.717) is 21.6 Å². The fourth-order valence-electron chi connectivity index (χ4n) is 3.87. The van der Waals surface area contributed by atoms with Crippen molar-refractivity contribution in [3.05, 3.63) is 112 Å². The first-order valence-electron chi connectivity index (χ1n) is 11.8. The quantitative estimate of drug-likeness (QED) is 0.161. The van der Waals surface area contributed by atoms with Gasteiger partial charge in [0.15, 0.2) is 11.0 Å². The lowest BCUT2D eigenvalue weighted by molar-refractivity contribution is -0.118. The van der Waals surface area contributed by atoms with Gasteiger partial charge in [0.1, 0.15) is 18.0 Å². The van der Waals surface area contributed by atoms with E-state index in [1.54, 1.807) is 24.3 Å². The van der Waals surface area contributed by atoms with Crippen LogP contribution in [0.2, 0.25) is 5.02 Å². The molecule has 0 radical (unpaired) electrons. The Morgan fingerprint density at radius 1 is 1.00 bits per heavy atom. The van der Waals surface area contributed by atoms with Gasteiger partial charge in [-0.1, -0.05) is 78.0 Å². The molecule has 39 heavy (non-hydrogen) atoms. The number of nitrogens with one attached hydrogen (secondary N) is 2. The normalized spacial score (nSPS) is 10.7. The molecule has 0 aliphatic carbocycles. The molecule has 0 unspecified atom stereocenters. The van der Waals surface area contributed by atoms with Crippen LogP contribution in [-0.2, 0) is 11.3 Å². The Balaban J connectivity index is 1.42. The molecule has 0 spiro atoms. The standard InChI is InChI=1S/C28H20ClN7O2S/c29-20-12-10-19(11-13-20)25-22(14-30)27(38)36(15-18-6-2-1-3-7-18)28(33-25)39-16-24(37)34-35-26-21-8-4-5-9-23(21)31-17-32-26/h1-13,17H,15-16H2,(H,34,37)(H,31,32,35). The Labute approximate surface area is 232 Å². The van der Waals surface area contributed by atoms with Gasteiger partial charge in [-0.25, -0.2) is 15.0 Å².